The van der Waals surface area contributed by atoms with Gasteiger partial charge in [-0.25, -0.2) is 0 Å². The van der Waals surface area contributed by atoms with E-state index in [1.807, 2.05) is 30.3 Å². The molecule has 3 nitrogen and oxygen atoms in total. The van der Waals surface area contributed by atoms with Gasteiger partial charge in [0.1, 0.15) is 0 Å². The van der Waals surface area contributed by atoms with Gasteiger partial charge in [0.25, 0.3) is 0 Å². The third-order valence-electron chi connectivity index (χ3n) is 5.90. The highest BCUT2D eigenvalue weighted by molar-refractivity contribution is 5.17. The van der Waals surface area contributed by atoms with Crippen molar-refractivity contribution in [2.75, 3.05) is 6.61 Å². The number of aliphatic hydroxyl groups is 2. The van der Waals surface area contributed by atoms with E-state index in [2.05, 4.69) is 12.2 Å². The Balaban J connectivity index is 1.48. The largest absolute Gasteiger partial charge is 0.396 e. The summed E-state index contributed by atoms with van der Waals surface area (Å²) < 4.78 is 6.18. The molecule has 1 aromatic rings. The van der Waals surface area contributed by atoms with Crippen LogP contribution in [0, 0.1) is 11.8 Å². The molecule has 138 valence electrons. The van der Waals surface area contributed by atoms with Gasteiger partial charge in [0.05, 0.1) is 18.3 Å². The number of benzene rings is 1. The van der Waals surface area contributed by atoms with Crippen LogP contribution in [-0.4, -0.2) is 29.0 Å². The summed E-state index contributed by atoms with van der Waals surface area (Å²) in [5.41, 5.74) is 1.02. The fourth-order valence-corrected chi connectivity index (χ4v) is 4.53. The van der Waals surface area contributed by atoms with Gasteiger partial charge in [-0.15, -0.1) is 0 Å². The smallest absolute Gasteiger partial charge is 0.0790 e. The number of aliphatic hydroxyl groups excluding tert-OH is 2. The van der Waals surface area contributed by atoms with Crippen molar-refractivity contribution in [2.24, 2.45) is 11.8 Å². The molecule has 1 unspecified atom stereocenters. The lowest BCUT2D eigenvalue weighted by Gasteiger charge is -2.28. The molecule has 0 aromatic heterocycles. The molecule has 3 heteroatoms. The van der Waals surface area contributed by atoms with Crippen LogP contribution < -0.4 is 0 Å². The summed E-state index contributed by atoms with van der Waals surface area (Å²) in [4.78, 5) is 0. The van der Waals surface area contributed by atoms with Crippen LogP contribution in [0.25, 0.3) is 0 Å². The Morgan fingerprint density at radius 3 is 2.56 bits per heavy atom. The van der Waals surface area contributed by atoms with Crippen LogP contribution in [0.5, 0.6) is 0 Å². The third kappa shape index (κ3) is 4.93. The number of hydrogen-bond acceptors (Lipinski definition) is 3. The van der Waals surface area contributed by atoms with Crippen LogP contribution in [0.2, 0.25) is 0 Å². The maximum atomic E-state index is 10.5. The van der Waals surface area contributed by atoms with Crippen molar-refractivity contribution in [3.63, 3.8) is 0 Å². The highest BCUT2D eigenvalue weighted by Gasteiger charge is 2.47. The molecule has 5 atom stereocenters. The van der Waals surface area contributed by atoms with E-state index in [1.165, 1.54) is 12.8 Å². The molecule has 2 bridgehead atoms. The first kappa shape index (κ1) is 18.6. The summed E-state index contributed by atoms with van der Waals surface area (Å²) in [7, 11) is 0. The highest BCUT2D eigenvalue weighted by atomic mass is 16.5. The molecular weight excluding hydrogens is 312 g/mol. The first-order chi connectivity index (χ1) is 12.3. The highest BCUT2D eigenvalue weighted by Crippen LogP contribution is 2.47. The Bertz CT molecular complexity index is 527. The van der Waals surface area contributed by atoms with Gasteiger partial charge in [-0.2, -0.15) is 0 Å². The van der Waals surface area contributed by atoms with E-state index >= 15 is 0 Å². The normalized spacial score (nSPS) is 29.5. The second-order valence-electron chi connectivity index (χ2n) is 7.55. The monoisotopic (exact) mass is 344 g/mol. The Kier molecular flexibility index (Phi) is 7.09. The van der Waals surface area contributed by atoms with Gasteiger partial charge in [-0.3, -0.25) is 0 Å². The van der Waals surface area contributed by atoms with Crippen molar-refractivity contribution in [3.05, 3.63) is 48.0 Å². The average Bonchev–Trinajstić information content (AvgIpc) is 3.25. The van der Waals surface area contributed by atoms with Crippen LogP contribution in [0.1, 0.15) is 63.0 Å². The lowest BCUT2D eigenvalue weighted by atomic mass is 9.75. The van der Waals surface area contributed by atoms with Gasteiger partial charge < -0.3 is 14.9 Å². The number of rotatable bonds is 10. The van der Waals surface area contributed by atoms with Gasteiger partial charge in [0.2, 0.25) is 0 Å². The van der Waals surface area contributed by atoms with Crippen molar-refractivity contribution in [2.45, 2.75) is 69.7 Å². The first-order valence-electron chi connectivity index (χ1n) is 9.94. The molecule has 2 heterocycles. The van der Waals surface area contributed by atoms with Crippen LogP contribution in [-0.2, 0) is 4.74 Å². The summed E-state index contributed by atoms with van der Waals surface area (Å²) in [5.74, 6) is 1.19. The van der Waals surface area contributed by atoms with Gasteiger partial charge in [0, 0.05) is 6.61 Å². The molecule has 0 spiro atoms. The molecule has 25 heavy (non-hydrogen) atoms. The second-order valence-corrected chi connectivity index (χ2v) is 7.55. The Labute approximate surface area is 151 Å². The predicted molar refractivity (Wildman–Crippen MR) is 100 cm³/mol. The summed E-state index contributed by atoms with van der Waals surface area (Å²) >= 11 is 0. The third-order valence-corrected chi connectivity index (χ3v) is 5.90. The van der Waals surface area contributed by atoms with E-state index < -0.39 is 0 Å². The van der Waals surface area contributed by atoms with Gasteiger partial charge in [-0.1, -0.05) is 42.5 Å². The van der Waals surface area contributed by atoms with Gasteiger partial charge >= 0.3 is 0 Å². The van der Waals surface area contributed by atoms with Crippen molar-refractivity contribution in [1.29, 1.82) is 0 Å². The van der Waals surface area contributed by atoms with E-state index in [4.69, 9.17) is 9.84 Å². The van der Waals surface area contributed by atoms with Crippen LogP contribution in [0.15, 0.2) is 42.5 Å². The van der Waals surface area contributed by atoms with E-state index in [9.17, 15) is 5.11 Å². The van der Waals surface area contributed by atoms with E-state index in [-0.39, 0.29) is 6.10 Å². The molecule has 2 fully saturated rings. The molecule has 3 rings (SSSR count). The molecule has 0 saturated carbocycles. The number of fused-ring (bicyclic) bond motifs is 2. The SMILES string of the molecule is OCCCCC=CC[C@H]1[C@@H](CCC(O)c2ccccc2)[C@H]2CC[C@@H]1O2. The Morgan fingerprint density at radius 1 is 1.04 bits per heavy atom. The number of hydrogen-bond donors (Lipinski definition) is 2. The minimum Gasteiger partial charge on any atom is -0.396 e. The zero-order valence-electron chi connectivity index (χ0n) is 15.1. The van der Waals surface area contributed by atoms with Crippen LogP contribution in [0.4, 0.5) is 0 Å². The van der Waals surface area contributed by atoms with E-state index in [1.54, 1.807) is 0 Å². The standard InChI is InChI=1S/C22H32O3/c23-16-8-3-1-2-7-11-18-19(22-15-14-21(18)25-22)12-13-20(24)17-9-5-4-6-10-17/h2,4-7,9-10,18-24H,1,3,8,11-16H2/t18-,19+,20?,21-,22+/m0/s1. The summed E-state index contributed by atoms with van der Waals surface area (Å²) in [6.45, 7) is 0.292. The quantitative estimate of drug-likeness (QED) is 0.488. The molecule has 0 amide bonds. The first-order valence-corrected chi connectivity index (χ1v) is 9.94. The van der Waals surface area contributed by atoms with E-state index in [0.717, 1.165) is 44.1 Å². The zero-order valence-corrected chi connectivity index (χ0v) is 15.1. The maximum absolute atomic E-state index is 10.5. The minimum atomic E-state index is -0.366. The number of unbranched alkanes of at least 4 members (excludes halogenated alkanes) is 2. The fourth-order valence-electron chi connectivity index (χ4n) is 4.53. The van der Waals surface area contributed by atoms with Crippen LogP contribution in [0.3, 0.4) is 0 Å². The molecule has 2 N–H and O–H groups in total. The maximum Gasteiger partial charge on any atom is 0.0790 e. The molecule has 0 aliphatic carbocycles. The second kappa shape index (κ2) is 9.51. The van der Waals surface area contributed by atoms with Crippen molar-refractivity contribution in [1.82, 2.24) is 0 Å². The summed E-state index contributed by atoms with van der Waals surface area (Å²) in [6, 6.07) is 9.99. The Morgan fingerprint density at radius 2 is 1.80 bits per heavy atom. The van der Waals surface area contributed by atoms with Crippen LogP contribution >= 0.6 is 0 Å². The molecule has 1 aromatic carbocycles. The number of ether oxygens (including phenoxy) is 1. The topological polar surface area (TPSA) is 49.7 Å². The van der Waals surface area contributed by atoms with Gasteiger partial charge in [-0.05, 0) is 68.8 Å². The lowest BCUT2D eigenvalue weighted by molar-refractivity contribution is 0.0836. The average molecular weight is 344 g/mol. The zero-order chi connectivity index (χ0) is 17.5. The van der Waals surface area contributed by atoms with Gasteiger partial charge in [0.15, 0.2) is 0 Å². The molecule has 2 aliphatic rings. The van der Waals surface area contributed by atoms with Crippen molar-refractivity contribution in [3.8, 4) is 0 Å². The number of allylic oxidation sites excluding steroid dienone is 2. The summed E-state index contributed by atoms with van der Waals surface area (Å²) in [6.07, 6.45) is 13.4. The molecular formula is C22H32O3. The summed E-state index contributed by atoms with van der Waals surface area (Å²) in [5, 5.41) is 19.3. The fraction of sp³-hybridized carbons (Fsp3) is 0.636. The molecule has 2 aliphatic heterocycles. The van der Waals surface area contributed by atoms with Crippen molar-refractivity contribution < 1.29 is 14.9 Å². The lowest BCUT2D eigenvalue weighted by Crippen LogP contribution is -2.27. The Hall–Kier alpha value is -1.16. The molecule has 0 radical (unpaired) electrons. The molecule has 2 saturated heterocycles. The predicted octanol–water partition coefficient (Wildman–Crippen LogP) is 4.40. The van der Waals surface area contributed by atoms with Crippen molar-refractivity contribution >= 4 is 0 Å². The van der Waals surface area contributed by atoms with E-state index in [0.29, 0.717) is 30.7 Å². The minimum absolute atomic E-state index is 0.292.